The molecule has 0 spiro atoms. The second kappa shape index (κ2) is 8.99. The lowest BCUT2D eigenvalue weighted by Crippen LogP contribution is -2.10. The number of rotatable bonds is 6. The minimum absolute atomic E-state index is 0.153. The van der Waals surface area contributed by atoms with Crippen molar-refractivity contribution < 1.29 is 4.79 Å². The molecule has 0 aliphatic carbocycles. The van der Waals surface area contributed by atoms with Crippen LogP contribution in [0.1, 0.15) is 31.5 Å². The number of anilines is 1. The normalized spacial score (nSPS) is 11.7. The van der Waals surface area contributed by atoms with E-state index in [1.165, 1.54) is 11.6 Å². The van der Waals surface area contributed by atoms with Crippen LogP contribution in [0.3, 0.4) is 0 Å². The lowest BCUT2D eigenvalue weighted by atomic mass is 9.99. The molecule has 0 fully saturated rings. The molecule has 0 aliphatic rings. The highest BCUT2D eigenvalue weighted by Crippen LogP contribution is 2.27. The van der Waals surface area contributed by atoms with Crippen LogP contribution in [0.5, 0.6) is 0 Å². The highest BCUT2D eigenvalue weighted by molar-refractivity contribution is 5.99. The number of hydrogen-bond donors (Lipinski definition) is 1. The van der Waals surface area contributed by atoms with Crippen LogP contribution in [0.15, 0.2) is 54.9 Å². The first kappa shape index (κ1) is 19.4. The van der Waals surface area contributed by atoms with Crippen LogP contribution < -0.4 is 5.32 Å². The van der Waals surface area contributed by atoms with Gasteiger partial charge in [-0.3, -0.25) is 9.78 Å². The molecule has 1 heterocycles. The summed E-state index contributed by atoms with van der Waals surface area (Å²) in [5.41, 5.74) is 6.24. The van der Waals surface area contributed by atoms with Crippen molar-refractivity contribution in [2.45, 2.75) is 27.2 Å². The number of aryl methyl sites for hydroxylation is 1. The van der Waals surface area contributed by atoms with Crippen LogP contribution in [-0.4, -0.2) is 29.9 Å². The number of hydrogen-bond acceptors (Lipinski definition) is 3. The molecule has 1 amide bonds. The van der Waals surface area contributed by atoms with E-state index in [0.29, 0.717) is 0 Å². The number of carbonyl (C=O) groups is 1. The summed E-state index contributed by atoms with van der Waals surface area (Å²) >= 11 is 0. The Kier molecular flexibility index (Phi) is 6.73. The van der Waals surface area contributed by atoms with E-state index in [2.05, 4.69) is 36.3 Å². The molecule has 1 N–H and O–H groups in total. The summed E-state index contributed by atoms with van der Waals surface area (Å²) in [7, 11) is 3.75. The molecular weight excluding hydrogens is 322 g/mol. The smallest absolute Gasteiger partial charge is 0.249 e. The number of pyridine rings is 1. The molecule has 0 saturated carbocycles. The van der Waals surface area contributed by atoms with E-state index in [4.69, 9.17) is 0 Å². The molecular formula is C22H27N3O. The van der Waals surface area contributed by atoms with Crippen molar-refractivity contribution in [3.8, 4) is 11.1 Å². The van der Waals surface area contributed by atoms with E-state index in [-0.39, 0.29) is 5.91 Å². The Balaban J connectivity index is 2.29. The van der Waals surface area contributed by atoms with Crippen LogP contribution in [0.2, 0.25) is 0 Å². The van der Waals surface area contributed by atoms with Gasteiger partial charge in [0.15, 0.2) is 0 Å². The molecule has 4 nitrogen and oxygen atoms in total. The Morgan fingerprint density at radius 3 is 2.69 bits per heavy atom. The lowest BCUT2D eigenvalue weighted by molar-refractivity contribution is -0.112. The van der Waals surface area contributed by atoms with Crippen LogP contribution in [0.4, 0.5) is 5.69 Å². The number of amides is 1. The third-order valence-corrected chi connectivity index (χ3v) is 4.01. The first-order valence-corrected chi connectivity index (χ1v) is 8.80. The van der Waals surface area contributed by atoms with Gasteiger partial charge in [0.1, 0.15) is 0 Å². The highest BCUT2D eigenvalue weighted by Gasteiger charge is 2.07. The summed E-state index contributed by atoms with van der Waals surface area (Å²) in [5, 5.41) is 2.89. The topological polar surface area (TPSA) is 45.2 Å². The van der Waals surface area contributed by atoms with Gasteiger partial charge in [-0.2, -0.15) is 0 Å². The van der Waals surface area contributed by atoms with Crippen LogP contribution >= 0.6 is 0 Å². The Hall–Kier alpha value is -2.88. The molecule has 4 heteroatoms. The fraction of sp³-hybridized carbons (Fsp3) is 0.273. The Labute approximate surface area is 156 Å². The molecule has 2 rings (SSSR count). The minimum Gasteiger partial charge on any atom is -0.383 e. The number of allylic oxidation sites excluding steroid dienone is 2. The summed E-state index contributed by atoms with van der Waals surface area (Å²) in [4.78, 5) is 18.4. The largest absolute Gasteiger partial charge is 0.383 e. The fourth-order valence-electron chi connectivity index (χ4n) is 2.68. The van der Waals surface area contributed by atoms with Crippen molar-refractivity contribution in [2.24, 2.45) is 0 Å². The van der Waals surface area contributed by atoms with E-state index < -0.39 is 0 Å². The van der Waals surface area contributed by atoms with Crippen molar-refractivity contribution >= 4 is 17.2 Å². The quantitative estimate of drug-likeness (QED) is 0.756. The van der Waals surface area contributed by atoms with Crippen molar-refractivity contribution in [3.63, 3.8) is 0 Å². The lowest BCUT2D eigenvalue weighted by Gasteiger charge is -2.10. The van der Waals surface area contributed by atoms with Gasteiger partial charge in [-0.15, -0.1) is 0 Å². The number of benzene rings is 1. The molecule has 0 unspecified atom stereocenters. The standard InChI is InChI=1S/C22H27N3O/c1-6-8-16(2)21-14-19(15-23-17(21)3)18-9-7-10-20(13-18)24-22(26)11-12-25(4)5/h7-15H,6H2,1-5H3,(H,24,26)/b12-11+,16-8-. The van der Waals surface area contributed by atoms with E-state index in [0.717, 1.165) is 34.5 Å². The molecule has 1 aromatic carbocycles. The van der Waals surface area contributed by atoms with Gasteiger partial charge in [0.05, 0.1) is 0 Å². The van der Waals surface area contributed by atoms with Gasteiger partial charge in [0, 0.05) is 49.5 Å². The number of nitrogens with one attached hydrogen (secondary N) is 1. The third-order valence-electron chi connectivity index (χ3n) is 4.01. The van der Waals surface area contributed by atoms with Crippen molar-refractivity contribution in [1.82, 2.24) is 9.88 Å². The van der Waals surface area contributed by atoms with Gasteiger partial charge in [0.25, 0.3) is 0 Å². The van der Waals surface area contributed by atoms with Crippen LogP contribution in [-0.2, 0) is 4.79 Å². The SMILES string of the molecule is CC/C=C(/C)c1cc(-c2cccc(NC(=O)/C=C/N(C)C)c2)cnc1C. The molecule has 0 saturated heterocycles. The van der Waals surface area contributed by atoms with E-state index in [1.807, 2.05) is 56.4 Å². The summed E-state index contributed by atoms with van der Waals surface area (Å²) < 4.78 is 0. The molecule has 136 valence electrons. The van der Waals surface area contributed by atoms with E-state index in [1.54, 1.807) is 6.20 Å². The number of carbonyl (C=O) groups excluding carboxylic acids is 1. The zero-order valence-electron chi connectivity index (χ0n) is 16.2. The van der Waals surface area contributed by atoms with Gasteiger partial charge in [-0.05, 0) is 55.2 Å². The van der Waals surface area contributed by atoms with Crippen LogP contribution in [0, 0.1) is 6.92 Å². The van der Waals surface area contributed by atoms with Gasteiger partial charge >= 0.3 is 0 Å². The zero-order valence-corrected chi connectivity index (χ0v) is 16.2. The molecule has 0 aliphatic heterocycles. The maximum absolute atomic E-state index is 12.0. The first-order valence-electron chi connectivity index (χ1n) is 8.80. The van der Waals surface area contributed by atoms with Crippen molar-refractivity contribution in [1.29, 1.82) is 0 Å². The molecule has 2 aromatic rings. The van der Waals surface area contributed by atoms with Gasteiger partial charge < -0.3 is 10.2 Å². The molecule has 1 aromatic heterocycles. The van der Waals surface area contributed by atoms with Crippen molar-refractivity contribution in [2.75, 3.05) is 19.4 Å². The first-order chi connectivity index (χ1) is 12.4. The predicted molar refractivity (Wildman–Crippen MR) is 110 cm³/mol. The van der Waals surface area contributed by atoms with Crippen LogP contribution in [0.25, 0.3) is 16.7 Å². The summed E-state index contributed by atoms with van der Waals surface area (Å²) in [6.07, 6.45) is 8.32. The molecule has 26 heavy (non-hydrogen) atoms. The average molecular weight is 349 g/mol. The van der Waals surface area contributed by atoms with E-state index in [9.17, 15) is 4.79 Å². The maximum Gasteiger partial charge on any atom is 0.249 e. The van der Waals surface area contributed by atoms with Crippen molar-refractivity contribution in [3.05, 3.63) is 66.1 Å². The number of nitrogens with zero attached hydrogens (tertiary/aromatic N) is 2. The summed E-state index contributed by atoms with van der Waals surface area (Å²) in [5.74, 6) is -0.153. The third kappa shape index (κ3) is 5.31. The summed E-state index contributed by atoms with van der Waals surface area (Å²) in [6.45, 7) is 6.28. The Bertz CT molecular complexity index is 835. The van der Waals surface area contributed by atoms with Gasteiger partial charge in [0.2, 0.25) is 5.91 Å². The molecule has 0 bridgehead atoms. The minimum atomic E-state index is -0.153. The maximum atomic E-state index is 12.0. The Morgan fingerprint density at radius 2 is 2.00 bits per heavy atom. The highest BCUT2D eigenvalue weighted by atomic mass is 16.1. The average Bonchev–Trinajstić information content (AvgIpc) is 2.61. The number of aromatic nitrogens is 1. The second-order valence-corrected chi connectivity index (χ2v) is 6.50. The molecule has 0 radical (unpaired) electrons. The molecule has 0 atom stereocenters. The fourth-order valence-corrected chi connectivity index (χ4v) is 2.68. The van der Waals surface area contributed by atoms with E-state index >= 15 is 0 Å². The summed E-state index contributed by atoms with van der Waals surface area (Å²) in [6, 6.07) is 9.98. The second-order valence-electron chi connectivity index (χ2n) is 6.50. The Morgan fingerprint density at radius 1 is 1.23 bits per heavy atom. The predicted octanol–water partition coefficient (Wildman–Crippen LogP) is 4.88. The van der Waals surface area contributed by atoms with Gasteiger partial charge in [-0.1, -0.05) is 25.1 Å². The zero-order chi connectivity index (χ0) is 19.1. The van der Waals surface area contributed by atoms with Gasteiger partial charge in [-0.25, -0.2) is 0 Å². The monoisotopic (exact) mass is 349 g/mol.